The molecule has 1 aliphatic rings. The summed E-state index contributed by atoms with van der Waals surface area (Å²) >= 11 is 0. The number of pyridine rings is 1. The van der Waals surface area contributed by atoms with Crippen molar-refractivity contribution in [3.63, 3.8) is 0 Å². The third kappa shape index (κ3) is 3.11. The Bertz CT molecular complexity index is 519. The predicted octanol–water partition coefficient (Wildman–Crippen LogP) is 0.286. The standard InChI is InChI=1S/C14H16N2O3/c1-11-10-19-9-7-16(11)14(18)13-12(5-3-8-17)4-2-6-15-13/h2,4,6,11,17H,7-10H2,1H3. The first-order chi connectivity index (χ1) is 9.24. The summed E-state index contributed by atoms with van der Waals surface area (Å²) in [6.45, 7) is 3.34. The number of amides is 1. The molecule has 5 nitrogen and oxygen atoms in total. The molecule has 0 spiro atoms. The molecule has 100 valence electrons. The Morgan fingerprint density at radius 3 is 3.26 bits per heavy atom. The van der Waals surface area contributed by atoms with E-state index in [1.54, 1.807) is 23.2 Å². The minimum Gasteiger partial charge on any atom is -0.384 e. The number of carbonyl (C=O) groups excluding carboxylic acids is 1. The SMILES string of the molecule is CC1COCCN1C(=O)c1ncccc1C#CCO. The van der Waals surface area contributed by atoms with Gasteiger partial charge >= 0.3 is 0 Å². The Labute approximate surface area is 112 Å². The zero-order valence-corrected chi connectivity index (χ0v) is 10.8. The first-order valence-electron chi connectivity index (χ1n) is 6.17. The number of aliphatic hydroxyl groups excluding tert-OH is 1. The molecule has 1 unspecified atom stereocenters. The molecule has 0 bridgehead atoms. The molecule has 1 aromatic heterocycles. The third-order valence-corrected chi connectivity index (χ3v) is 2.94. The van der Waals surface area contributed by atoms with Crippen molar-refractivity contribution in [2.45, 2.75) is 13.0 Å². The maximum atomic E-state index is 12.5. The molecule has 2 heterocycles. The Morgan fingerprint density at radius 1 is 1.68 bits per heavy atom. The summed E-state index contributed by atoms with van der Waals surface area (Å²) in [7, 11) is 0. The highest BCUT2D eigenvalue weighted by molar-refractivity contribution is 5.95. The van der Waals surface area contributed by atoms with Crippen molar-refractivity contribution in [1.29, 1.82) is 0 Å². The Kier molecular flexibility index (Phi) is 4.50. The molecule has 1 amide bonds. The van der Waals surface area contributed by atoms with Crippen LogP contribution in [0, 0.1) is 11.8 Å². The monoisotopic (exact) mass is 260 g/mol. The average molecular weight is 260 g/mol. The van der Waals surface area contributed by atoms with Crippen LogP contribution in [0.25, 0.3) is 0 Å². The normalized spacial score (nSPS) is 18.6. The predicted molar refractivity (Wildman–Crippen MR) is 69.5 cm³/mol. The fourth-order valence-electron chi connectivity index (χ4n) is 1.98. The first-order valence-corrected chi connectivity index (χ1v) is 6.17. The minimum absolute atomic E-state index is 0.0295. The van der Waals surface area contributed by atoms with E-state index in [1.165, 1.54) is 0 Å². The van der Waals surface area contributed by atoms with E-state index in [-0.39, 0.29) is 18.6 Å². The van der Waals surface area contributed by atoms with E-state index >= 15 is 0 Å². The van der Waals surface area contributed by atoms with E-state index in [2.05, 4.69) is 16.8 Å². The van der Waals surface area contributed by atoms with Crippen LogP contribution in [0.4, 0.5) is 0 Å². The average Bonchev–Trinajstić information content (AvgIpc) is 2.45. The highest BCUT2D eigenvalue weighted by atomic mass is 16.5. The summed E-state index contributed by atoms with van der Waals surface area (Å²) in [4.78, 5) is 18.3. The van der Waals surface area contributed by atoms with E-state index in [0.29, 0.717) is 31.0 Å². The summed E-state index contributed by atoms with van der Waals surface area (Å²) in [5, 5.41) is 8.74. The maximum absolute atomic E-state index is 12.5. The topological polar surface area (TPSA) is 62.7 Å². The van der Waals surface area contributed by atoms with Gasteiger partial charge in [0.1, 0.15) is 12.3 Å². The fraction of sp³-hybridized carbons (Fsp3) is 0.429. The van der Waals surface area contributed by atoms with Gasteiger partial charge < -0.3 is 14.7 Å². The molecule has 1 saturated heterocycles. The van der Waals surface area contributed by atoms with Crippen LogP contribution >= 0.6 is 0 Å². The van der Waals surface area contributed by atoms with Crippen molar-refractivity contribution < 1.29 is 14.6 Å². The Morgan fingerprint density at radius 2 is 2.53 bits per heavy atom. The molecule has 0 aromatic carbocycles. The second-order valence-corrected chi connectivity index (χ2v) is 4.28. The van der Waals surface area contributed by atoms with Gasteiger partial charge in [0.2, 0.25) is 0 Å². The van der Waals surface area contributed by atoms with E-state index in [4.69, 9.17) is 9.84 Å². The number of rotatable bonds is 1. The van der Waals surface area contributed by atoms with Crippen LogP contribution in [-0.2, 0) is 4.74 Å². The second-order valence-electron chi connectivity index (χ2n) is 4.28. The second kappa shape index (κ2) is 6.32. The van der Waals surface area contributed by atoms with Crippen LogP contribution < -0.4 is 0 Å². The molecule has 1 fully saturated rings. The summed E-state index contributed by atoms with van der Waals surface area (Å²) in [5.74, 6) is 5.16. The maximum Gasteiger partial charge on any atom is 0.274 e. The van der Waals surface area contributed by atoms with Gasteiger partial charge in [-0.15, -0.1) is 0 Å². The summed E-state index contributed by atoms with van der Waals surface area (Å²) in [6.07, 6.45) is 1.57. The largest absolute Gasteiger partial charge is 0.384 e. The lowest BCUT2D eigenvalue weighted by Gasteiger charge is -2.33. The molecule has 1 aromatic rings. The van der Waals surface area contributed by atoms with Gasteiger partial charge in [0.25, 0.3) is 5.91 Å². The van der Waals surface area contributed by atoms with Gasteiger partial charge in [-0.3, -0.25) is 4.79 Å². The zero-order chi connectivity index (χ0) is 13.7. The summed E-state index contributed by atoms with van der Waals surface area (Å²) in [6, 6.07) is 3.48. The van der Waals surface area contributed by atoms with Gasteiger partial charge in [-0.1, -0.05) is 11.8 Å². The van der Waals surface area contributed by atoms with Gasteiger partial charge in [0.15, 0.2) is 0 Å². The van der Waals surface area contributed by atoms with Crippen LogP contribution in [0.1, 0.15) is 23.0 Å². The van der Waals surface area contributed by atoms with Gasteiger partial charge in [-0.2, -0.15) is 0 Å². The van der Waals surface area contributed by atoms with Crippen LogP contribution in [-0.4, -0.2) is 53.3 Å². The number of carbonyl (C=O) groups is 1. The lowest BCUT2D eigenvalue weighted by molar-refractivity contribution is 0.00325. The number of ether oxygens (including phenoxy) is 1. The molecule has 1 atom stereocenters. The molecule has 0 saturated carbocycles. The minimum atomic E-state index is -0.240. The zero-order valence-electron chi connectivity index (χ0n) is 10.8. The Hall–Kier alpha value is -1.90. The van der Waals surface area contributed by atoms with E-state index in [0.717, 1.165) is 0 Å². The molecule has 5 heteroatoms. The quantitative estimate of drug-likeness (QED) is 0.737. The smallest absolute Gasteiger partial charge is 0.274 e. The van der Waals surface area contributed by atoms with Crippen molar-refractivity contribution >= 4 is 5.91 Å². The summed E-state index contributed by atoms with van der Waals surface area (Å²) in [5.41, 5.74) is 0.873. The van der Waals surface area contributed by atoms with Gasteiger partial charge in [-0.25, -0.2) is 4.98 Å². The van der Waals surface area contributed by atoms with Crippen molar-refractivity contribution in [2.24, 2.45) is 0 Å². The van der Waals surface area contributed by atoms with Crippen molar-refractivity contribution in [1.82, 2.24) is 9.88 Å². The molecule has 0 radical (unpaired) electrons. The number of hydrogen-bond acceptors (Lipinski definition) is 4. The van der Waals surface area contributed by atoms with Crippen molar-refractivity contribution in [3.05, 3.63) is 29.6 Å². The van der Waals surface area contributed by atoms with Crippen LogP contribution in [0.15, 0.2) is 18.3 Å². The number of aliphatic hydroxyl groups is 1. The highest BCUT2D eigenvalue weighted by Crippen LogP contribution is 2.13. The Balaban J connectivity index is 2.27. The fourth-order valence-corrected chi connectivity index (χ4v) is 1.98. The van der Waals surface area contributed by atoms with Crippen LogP contribution in [0.5, 0.6) is 0 Å². The van der Waals surface area contributed by atoms with Gasteiger partial charge in [-0.05, 0) is 19.1 Å². The lowest BCUT2D eigenvalue weighted by Crippen LogP contribution is -2.47. The molecule has 0 aliphatic carbocycles. The number of morpholine rings is 1. The number of hydrogen-bond donors (Lipinski definition) is 1. The van der Waals surface area contributed by atoms with Gasteiger partial charge in [0, 0.05) is 12.7 Å². The van der Waals surface area contributed by atoms with E-state index in [9.17, 15) is 4.79 Å². The molecule has 2 rings (SSSR count). The number of nitrogens with zero attached hydrogens (tertiary/aromatic N) is 2. The molecular formula is C14H16N2O3. The molecule has 19 heavy (non-hydrogen) atoms. The third-order valence-electron chi connectivity index (χ3n) is 2.94. The van der Waals surface area contributed by atoms with Crippen molar-refractivity contribution in [3.8, 4) is 11.8 Å². The molecule has 1 N–H and O–H groups in total. The van der Waals surface area contributed by atoms with Crippen molar-refractivity contribution in [2.75, 3.05) is 26.4 Å². The van der Waals surface area contributed by atoms with E-state index in [1.807, 2.05) is 6.92 Å². The van der Waals surface area contributed by atoms with Crippen LogP contribution in [0.3, 0.4) is 0 Å². The first kappa shape index (κ1) is 13.5. The molecular weight excluding hydrogens is 244 g/mol. The summed E-state index contributed by atoms with van der Waals surface area (Å²) < 4.78 is 5.32. The van der Waals surface area contributed by atoms with Gasteiger partial charge in [0.05, 0.1) is 24.8 Å². The lowest BCUT2D eigenvalue weighted by atomic mass is 10.1. The molecule has 1 aliphatic heterocycles. The van der Waals surface area contributed by atoms with Crippen LogP contribution in [0.2, 0.25) is 0 Å². The highest BCUT2D eigenvalue weighted by Gasteiger charge is 2.26. The van der Waals surface area contributed by atoms with E-state index < -0.39 is 0 Å². The number of aromatic nitrogens is 1.